The highest BCUT2D eigenvalue weighted by Gasteiger charge is 2.05. The molecule has 0 unspecified atom stereocenters. The number of hydrogen-bond acceptors (Lipinski definition) is 2. The van der Waals surface area contributed by atoms with E-state index in [2.05, 4.69) is 32.0 Å². The molecule has 0 fully saturated rings. The first-order chi connectivity index (χ1) is 6.65. The predicted octanol–water partition coefficient (Wildman–Crippen LogP) is 2.72. The smallest absolute Gasteiger partial charge is 0.0641 e. The summed E-state index contributed by atoms with van der Waals surface area (Å²) in [4.78, 5) is 0. The van der Waals surface area contributed by atoms with E-state index in [1.165, 1.54) is 5.56 Å². The summed E-state index contributed by atoms with van der Waals surface area (Å²) < 4.78 is 0. The van der Waals surface area contributed by atoms with Gasteiger partial charge < -0.3 is 5.73 Å². The van der Waals surface area contributed by atoms with Gasteiger partial charge in [0.15, 0.2) is 0 Å². The standard InChI is InChI=1S/C12H16N2/c1-9(2)10-3-5-11(6-4-10)12(14)7-8-13/h3-6,9,12H,7,14H2,1-2H3/t12-/m0/s1. The number of nitriles is 1. The number of rotatable bonds is 3. The average Bonchev–Trinajstić information content (AvgIpc) is 2.18. The van der Waals surface area contributed by atoms with Crippen LogP contribution in [0.5, 0.6) is 0 Å². The maximum atomic E-state index is 8.51. The van der Waals surface area contributed by atoms with Crippen LogP contribution in [0.2, 0.25) is 0 Å². The Morgan fingerprint density at radius 1 is 1.21 bits per heavy atom. The van der Waals surface area contributed by atoms with E-state index in [0.29, 0.717) is 12.3 Å². The van der Waals surface area contributed by atoms with Crippen LogP contribution in [-0.4, -0.2) is 0 Å². The van der Waals surface area contributed by atoms with Crippen LogP contribution in [0, 0.1) is 11.3 Å². The zero-order valence-corrected chi connectivity index (χ0v) is 8.70. The number of benzene rings is 1. The monoisotopic (exact) mass is 188 g/mol. The zero-order valence-electron chi connectivity index (χ0n) is 8.70. The van der Waals surface area contributed by atoms with Crippen molar-refractivity contribution in [2.75, 3.05) is 0 Å². The van der Waals surface area contributed by atoms with Crippen molar-refractivity contribution in [2.45, 2.75) is 32.2 Å². The summed E-state index contributed by atoms with van der Waals surface area (Å²) in [5, 5.41) is 8.51. The lowest BCUT2D eigenvalue weighted by Gasteiger charge is -2.10. The van der Waals surface area contributed by atoms with Crippen molar-refractivity contribution in [2.24, 2.45) is 5.73 Å². The second-order valence-corrected chi connectivity index (χ2v) is 3.79. The highest BCUT2D eigenvalue weighted by Crippen LogP contribution is 2.18. The fourth-order valence-corrected chi connectivity index (χ4v) is 1.34. The maximum Gasteiger partial charge on any atom is 0.0641 e. The fraction of sp³-hybridized carbons (Fsp3) is 0.417. The molecule has 2 nitrogen and oxygen atoms in total. The third kappa shape index (κ3) is 2.58. The van der Waals surface area contributed by atoms with Gasteiger partial charge in [-0.15, -0.1) is 0 Å². The van der Waals surface area contributed by atoms with Crippen LogP contribution in [0.4, 0.5) is 0 Å². The van der Waals surface area contributed by atoms with E-state index in [1.54, 1.807) is 0 Å². The molecule has 0 aliphatic rings. The molecular weight excluding hydrogens is 172 g/mol. The Labute approximate surface area is 85.4 Å². The van der Waals surface area contributed by atoms with E-state index in [4.69, 9.17) is 11.0 Å². The minimum absolute atomic E-state index is 0.152. The van der Waals surface area contributed by atoms with Crippen molar-refractivity contribution >= 4 is 0 Å². The van der Waals surface area contributed by atoms with Gasteiger partial charge in [0.1, 0.15) is 0 Å². The van der Waals surface area contributed by atoms with E-state index in [9.17, 15) is 0 Å². The van der Waals surface area contributed by atoms with Gasteiger partial charge in [-0.05, 0) is 17.0 Å². The van der Waals surface area contributed by atoms with Crippen LogP contribution in [0.25, 0.3) is 0 Å². The summed E-state index contributed by atoms with van der Waals surface area (Å²) in [6, 6.07) is 10.1. The second-order valence-electron chi connectivity index (χ2n) is 3.79. The lowest BCUT2D eigenvalue weighted by molar-refractivity contribution is 0.746. The summed E-state index contributed by atoms with van der Waals surface area (Å²) in [5.74, 6) is 0.538. The van der Waals surface area contributed by atoms with Crippen molar-refractivity contribution < 1.29 is 0 Å². The largest absolute Gasteiger partial charge is 0.323 e. The molecule has 0 aliphatic heterocycles. The molecule has 74 valence electrons. The minimum Gasteiger partial charge on any atom is -0.323 e. The summed E-state index contributed by atoms with van der Waals surface area (Å²) in [6.07, 6.45) is 0.376. The van der Waals surface area contributed by atoms with Gasteiger partial charge in [-0.25, -0.2) is 0 Å². The Hall–Kier alpha value is -1.33. The zero-order chi connectivity index (χ0) is 10.6. The van der Waals surface area contributed by atoms with Crippen LogP contribution in [0.15, 0.2) is 24.3 Å². The highest BCUT2D eigenvalue weighted by atomic mass is 14.6. The summed E-state index contributed by atoms with van der Waals surface area (Å²) in [5.41, 5.74) is 8.15. The van der Waals surface area contributed by atoms with Gasteiger partial charge in [0.2, 0.25) is 0 Å². The first-order valence-corrected chi connectivity index (χ1v) is 4.87. The topological polar surface area (TPSA) is 49.8 Å². The Morgan fingerprint density at radius 3 is 2.14 bits per heavy atom. The third-order valence-corrected chi connectivity index (χ3v) is 2.34. The summed E-state index contributed by atoms with van der Waals surface area (Å²) in [6.45, 7) is 4.31. The molecule has 0 bridgehead atoms. The molecule has 0 saturated carbocycles. The van der Waals surface area contributed by atoms with E-state index in [1.807, 2.05) is 12.1 Å². The first-order valence-electron chi connectivity index (χ1n) is 4.87. The van der Waals surface area contributed by atoms with Crippen LogP contribution in [-0.2, 0) is 0 Å². The molecule has 0 heterocycles. The third-order valence-electron chi connectivity index (χ3n) is 2.34. The van der Waals surface area contributed by atoms with Gasteiger partial charge >= 0.3 is 0 Å². The molecule has 0 radical (unpaired) electrons. The molecule has 0 saturated heterocycles. The van der Waals surface area contributed by atoms with Crippen molar-refractivity contribution in [1.29, 1.82) is 5.26 Å². The molecule has 1 atom stereocenters. The molecule has 2 heteroatoms. The molecule has 1 rings (SSSR count). The van der Waals surface area contributed by atoms with E-state index in [0.717, 1.165) is 5.56 Å². The van der Waals surface area contributed by atoms with Gasteiger partial charge in [0.25, 0.3) is 0 Å². The van der Waals surface area contributed by atoms with Crippen LogP contribution >= 0.6 is 0 Å². The molecule has 0 aliphatic carbocycles. The van der Waals surface area contributed by atoms with Crippen molar-refractivity contribution in [1.82, 2.24) is 0 Å². The molecule has 0 aromatic heterocycles. The van der Waals surface area contributed by atoms with Crippen molar-refractivity contribution in [3.05, 3.63) is 35.4 Å². The molecule has 14 heavy (non-hydrogen) atoms. The van der Waals surface area contributed by atoms with Crippen LogP contribution in [0.1, 0.15) is 43.4 Å². The second kappa shape index (κ2) is 4.78. The Morgan fingerprint density at radius 2 is 1.71 bits per heavy atom. The quantitative estimate of drug-likeness (QED) is 0.792. The van der Waals surface area contributed by atoms with Gasteiger partial charge in [-0.2, -0.15) is 5.26 Å². The Balaban J connectivity index is 2.78. The average molecular weight is 188 g/mol. The molecule has 1 aromatic rings. The number of nitrogens with two attached hydrogens (primary N) is 1. The minimum atomic E-state index is -0.152. The van der Waals surface area contributed by atoms with Gasteiger partial charge in [-0.1, -0.05) is 38.1 Å². The SMILES string of the molecule is CC(C)c1ccc([C@@H](N)CC#N)cc1. The molecule has 1 aromatic carbocycles. The Kier molecular flexibility index (Phi) is 3.67. The predicted molar refractivity (Wildman–Crippen MR) is 57.7 cm³/mol. The number of nitrogens with zero attached hydrogens (tertiary/aromatic N) is 1. The normalized spacial score (nSPS) is 12.5. The first kappa shape index (κ1) is 10.7. The number of hydrogen-bond donors (Lipinski definition) is 1. The molecular formula is C12H16N2. The molecule has 0 spiro atoms. The van der Waals surface area contributed by atoms with E-state index < -0.39 is 0 Å². The van der Waals surface area contributed by atoms with Crippen LogP contribution < -0.4 is 5.73 Å². The van der Waals surface area contributed by atoms with Crippen molar-refractivity contribution in [3.8, 4) is 6.07 Å². The summed E-state index contributed by atoms with van der Waals surface area (Å²) >= 11 is 0. The van der Waals surface area contributed by atoms with Crippen molar-refractivity contribution in [3.63, 3.8) is 0 Å². The maximum absolute atomic E-state index is 8.51. The van der Waals surface area contributed by atoms with Gasteiger partial charge in [-0.3, -0.25) is 0 Å². The Bertz CT molecular complexity index is 319. The lowest BCUT2D eigenvalue weighted by Crippen LogP contribution is -2.09. The highest BCUT2D eigenvalue weighted by molar-refractivity contribution is 5.27. The molecule has 2 N–H and O–H groups in total. The molecule has 0 amide bonds. The van der Waals surface area contributed by atoms with Gasteiger partial charge in [0.05, 0.1) is 12.5 Å². The van der Waals surface area contributed by atoms with Crippen LogP contribution in [0.3, 0.4) is 0 Å². The van der Waals surface area contributed by atoms with Gasteiger partial charge in [0, 0.05) is 6.04 Å². The van der Waals surface area contributed by atoms with E-state index in [-0.39, 0.29) is 6.04 Å². The lowest BCUT2D eigenvalue weighted by atomic mass is 9.98. The summed E-state index contributed by atoms with van der Waals surface area (Å²) in [7, 11) is 0. The fourth-order valence-electron chi connectivity index (χ4n) is 1.34. The van der Waals surface area contributed by atoms with E-state index >= 15 is 0 Å².